The van der Waals surface area contributed by atoms with Crippen molar-refractivity contribution >= 4 is 11.9 Å². The van der Waals surface area contributed by atoms with Crippen molar-refractivity contribution in [2.75, 3.05) is 24.5 Å². The number of anilines is 1. The van der Waals surface area contributed by atoms with Crippen molar-refractivity contribution in [1.82, 2.24) is 15.1 Å². The molecule has 1 aliphatic carbocycles. The van der Waals surface area contributed by atoms with Crippen LogP contribution in [-0.4, -0.2) is 52.5 Å². The molecule has 1 aromatic heterocycles. The minimum atomic E-state index is -0.508. The van der Waals surface area contributed by atoms with E-state index in [2.05, 4.69) is 25.1 Å². The first kappa shape index (κ1) is 23.1. The van der Waals surface area contributed by atoms with Crippen LogP contribution in [0, 0.1) is 5.92 Å². The Balaban J connectivity index is 1.71. The average molecular weight is 430 g/mol. The van der Waals surface area contributed by atoms with Gasteiger partial charge < -0.3 is 14.5 Å². The van der Waals surface area contributed by atoms with E-state index in [-0.39, 0.29) is 18.2 Å². The van der Waals surface area contributed by atoms with Gasteiger partial charge in [0.15, 0.2) is 5.82 Å². The Bertz CT molecular complexity index is 782. The fraction of sp³-hybridized carbons (Fsp3) is 0.773. The molecule has 0 aromatic carbocycles. The molecule has 9 nitrogen and oxygen atoms in total. The molecule has 0 radical (unpaired) electrons. The molecule has 2 fully saturated rings. The largest absolute Gasteiger partial charge is 0.444 e. The van der Waals surface area contributed by atoms with E-state index in [1.807, 2.05) is 44.7 Å². The van der Waals surface area contributed by atoms with Crippen LogP contribution in [0.5, 0.6) is 0 Å². The van der Waals surface area contributed by atoms with Gasteiger partial charge in [-0.15, -0.1) is 5.10 Å². The molecule has 1 amide bonds. The normalized spacial score (nSPS) is 20.4. The molecule has 0 N–H and O–H groups in total. The predicted octanol–water partition coefficient (Wildman–Crippen LogP) is 5.24. The van der Waals surface area contributed by atoms with Crippen LogP contribution in [0.15, 0.2) is 17.2 Å². The zero-order chi connectivity index (χ0) is 22.4. The Hall–Kier alpha value is -2.54. The lowest BCUT2D eigenvalue weighted by molar-refractivity contribution is 0.00733. The number of hydrogen-bond donors (Lipinski definition) is 0. The first-order valence-electron chi connectivity index (χ1n) is 11.4. The zero-order valence-corrected chi connectivity index (χ0v) is 19.2. The van der Waals surface area contributed by atoms with E-state index < -0.39 is 5.60 Å². The predicted molar refractivity (Wildman–Crippen MR) is 120 cm³/mol. The maximum absolute atomic E-state index is 13.0. The number of piperidine rings is 1. The van der Waals surface area contributed by atoms with Crippen LogP contribution < -0.4 is 4.90 Å². The average Bonchev–Trinajstić information content (AvgIpc) is 2.70. The molecule has 1 unspecified atom stereocenters. The second-order valence-corrected chi connectivity index (χ2v) is 9.62. The first-order valence-corrected chi connectivity index (χ1v) is 11.4. The summed E-state index contributed by atoms with van der Waals surface area (Å²) in [6, 6.07) is 3.61. The van der Waals surface area contributed by atoms with Gasteiger partial charge in [-0.3, -0.25) is 0 Å². The second kappa shape index (κ2) is 10.2. The van der Waals surface area contributed by atoms with Gasteiger partial charge in [-0.2, -0.15) is 5.10 Å². The summed E-state index contributed by atoms with van der Waals surface area (Å²) in [4.78, 5) is 20.1. The number of azide groups is 1. The molecule has 31 heavy (non-hydrogen) atoms. The number of carbonyl (C=O) groups is 1. The molecule has 1 aliphatic heterocycles. The fourth-order valence-corrected chi connectivity index (χ4v) is 4.16. The first-order chi connectivity index (χ1) is 14.8. The number of hydrogen-bond acceptors (Lipinski definition) is 6. The van der Waals surface area contributed by atoms with Crippen LogP contribution in [0.1, 0.15) is 78.0 Å². The SMILES string of the molecule is CCC(N=[N+]=[N-])c1ccc(N2CCC[C@@H](N(CC3CCC3)C(=O)OC(C)(C)C)C2)nn1. The summed E-state index contributed by atoms with van der Waals surface area (Å²) < 4.78 is 5.74. The maximum atomic E-state index is 13.0. The Kier molecular flexibility index (Phi) is 7.59. The van der Waals surface area contributed by atoms with E-state index in [0.29, 0.717) is 24.6 Å². The quantitative estimate of drug-likeness (QED) is 0.334. The summed E-state index contributed by atoms with van der Waals surface area (Å²) in [5, 5.41) is 12.5. The van der Waals surface area contributed by atoms with Crippen molar-refractivity contribution in [3.05, 3.63) is 28.3 Å². The summed E-state index contributed by atoms with van der Waals surface area (Å²) in [5.41, 5.74) is 8.90. The minimum Gasteiger partial charge on any atom is -0.444 e. The van der Waals surface area contributed by atoms with E-state index in [1.165, 1.54) is 19.3 Å². The number of rotatable bonds is 7. The van der Waals surface area contributed by atoms with Crippen LogP contribution >= 0.6 is 0 Å². The van der Waals surface area contributed by atoms with Gasteiger partial charge in [-0.25, -0.2) is 4.79 Å². The second-order valence-electron chi connectivity index (χ2n) is 9.62. The summed E-state index contributed by atoms with van der Waals surface area (Å²) in [6.07, 6.45) is 6.03. The molecule has 9 heteroatoms. The lowest BCUT2D eigenvalue weighted by Crippen LogP contribution is -2.53. The van der Waals surface area contributed by atoms with Crippen LogP contribution in [0.4, 0.5) is 10.6 Å². The molecule has 2 atom stereocenters. The number of nitrogens with zero attached hydrogens (tertiary/aromatic N) is 7. The van der Waals surface area contributed by atoms with E-state index in [0.717, 1.165) is 31.7 Å². The third-order valence-corrected chi connectivity index (χ3v) is 6.06. The van der Waals surface area contributed by atoms with Gasteiger partial charge >= 0.3 is 6.09 Å². The molecule has 0 bridgehead atoms. The summed E-state index contributed by atoms with van der Waals surface area (Å²) in [6.45, 7) is 10.1. The zero-order valence-electron chi connectivity index (χ0n) is 19.2. The monoisotopic (exact) mass is 429 g/mol. The highest BCUT2D eigenvalue weighted by molar-refractivity contribution is 5.68. The van der Waals surface area contributed by atoms with Gasteiger partial charge in [0.2, 0.25) is 0 Å². The van der Waals surface area contributed by atoms with Crippen molar-refractivity contribution in [2.45, 2.75) is 83.9 Å². The van der Waals surface area contributed by atoms with Crippen LogP contribution in [0.2, 0.25) is 0 Å². The third-order valence-electron chi connectivity index (χ3n) is 6.06. The lowest BCUT2D eigenvalue weighted by Gasteiger charge is -2.42. The van der Waals surface area contributed by atoms with E-state index in [9.17, 15) is 4.79 Å². The molecular formula is C22H35N7O2. The Morgan fingerprint density at radius 3 is 2.65 bits per heavy atom. The van der Waals surface area contributed by atoms with Gasteiger partial charge in [0.1, 0.15) is 5.60 Å². The van der Waals surface area contributed by atoms with E-state index in [1.54, 1.807) is 0 Å². The van der Waals surface area contributed by atoms with Gasteiger partial charge in [0.05, 0.1) is 17.8 Å². The fourth-order valence-electron chi connectivity index (χ4n) is 4.16. The molecule has 1 saturated heterocycles. The van der Waals surface area contributed by atoms with E-state index >= 15 is 0 Å². The summed E-state index contributed by atoms with van der Waals surface area (Å²) in [7, 11) is 0. The number of amides is 1. The highest BCUT2D eigenvalue weighted by atomic mass is 16.6. The topological polar surface area (TPSA) is 107 Å². The summed E-state index contributed by atoms with van der Waals surface area (Å²) in [5.74, 6) is 1.37. The van der Waals surface area contributed by atoms with Crippen LogP contribution in [0.3, 0.4) is 0 Å². The van der Waals surface area contributed by atoms with Crippen molar-refractivity contribution < 1.29 is 9.53 Å². The molecule has 170 valence electrons. The molecule has 1 saturated carbocycles. The standard InChI is InChI=1S/C22H35N7O2/c1-5-18(25-27-23)19-11-12-20(26-24-19)28-13-7-10-17(15-28)29(14-16-8-6-9-16)21(30)31-22(2,3)4/h11-12,16-18H,5-10,13-15H2,1-4H3/t17-,18?/m1/s1. The van der Waals surface area contributed by atoms with Crippen molar-refractivity contribution in [3.63, 3.8) is 0 Å². The molecule has 3 rings (SSSR count). The van der Waals surface area contributed by atoms with Gasteiger partial charge in [-0.1, -0.05) is 18.5 Å². The number of ether oxygens (including phenoxy) is 1. The van der Waals surface area contributed by atoms with Crippen molar-refractivity contribution in [3.8, 4) is 0 Å². The maximum Gasteiger partial charge on any atom is 0.410 e. The lowest BCUT2D eigenvalue weighted by atomic mass is 9.84. The smallest absolute Gasteiger partial charge is 0.410 e. The minimum absolute atomic E-state index is 0.0947. The van der Waals surface area contributed by atoms with E-state index in [4.69, 9.17) is 10.3 Å². The summed E-state index contributed by atoms with van der Waals surface area (Å²) >= 11 is 0. The van der Waals surface area contributed by atoms with Crippen LogP contribution in [-0.2, 0) is 4.74 Å². The molecule has 2 heterocycles. The Morgan fingerprint density at radius 2 is 2.10 bits per heavy atom. The third kappa shape index (κ3) is 6.23. The Labute approximate surface area is 184 Å². The van der Waals surface area contributed by atoms with Gasteiger partial charge in [-0.05, 0) is 76.5 Å². The number of carbonyl (C=O) groups excluding carboxylic acids is 1. The molecule has 2 aliphatic rings. The van der Waals surface area contributed by atoms with Crippen molar-refractivity contribution in [1.29, 1.82) is 0 Å². The number of aromatic nitrogens is 2. The van der Waals surface area contributed by atoms with Crippen LogP contribution in [0.25, 0.3) is 10.4 Å². The van der Waals surface area contributed by atoms with Crippen molar-refractivity contribution in [2.24, 2.45) is 11.0 Å². The molecule has 0 spiro atoms. The highest BCUT2D eigenvalue weighted by Gasteiger charge is 2.34. The Morgan fingerprint density at radius 1 is 1.32 bits per heavy atom. The molecular weight excluding hydrogens is 394 g/mol. The highest BCUT2D eigenvalue weighted by Crippen LogP contribution is 2.30. The van der Waals surface area contributed by atoms with Gasteiger partial charge in [0, 0.05) is 24.5 Å². The molecule has 1 aromatic rings. The van der Waals surface area contributed by atoms with Gasteiger partial charge in [0.25, 0.3) is 0 Å².